The number of hydrogen-bond donors (Lipinski definition) is 0. The second-order valence-corrected chi connectivity index (χ2v) is 9.16. The van der Waals surface area contributed by atoms with Gasteiger partial charge in [-0.1, -0.05) is 0 Å². The van der Waals surface area contributed by atoms with E-state index in [9.17, 15) is 14.4 Å². The van der Waals surface area contributed by atoms with Crippen LogP contribution in [0.15, 0.2) is 24.3 Å². The fraction of sp³-hybridized carbons (Fsp3) is 0.591. The van der Waals surface area contributed by atoms with Gasteiger partial charge in [-0.3, -0.25) is 14.5 Å². The molecule has 0 aromatic heterocycles. The van der Waals surface area contributed by atoms with Gasteiger partial charge in [0.05, 0.1) is 25.8 Å². The van der Waals surface area contributed by atoms with E-state index in [-0.39, 0.29) is 18.3 Å². The van der Waals surface area contributed by atoms with Crippen molar-refractivity contribution in [2.24, 2.45) is 5.92 Å². The van der Waals surface area contributed by atoms with Crippen LogP contribution in [0.5, 0.6) is 5.75 Å². The van der Waals surface area contributed by atoms with Crippen LogP contribution in [-0.4, -0.2) is 59.8 Å². The first-order valence-electron chi connectivity index (χ1n) is 10.0. The second kappa shape index (κ2) is 7.58. The van der Waals surface area contributed by atoms with E-state index in [4.69, 9.17) is 14.2 Å². The summed E-state index contributed by atoms with van der Waals surface area (Å²) >= 11 is 0. The predicted molar refractivity (Wildman–Crippen MR) is 110 cm³/mol. The van der Waals surface area contributed by atoms with Crippen molar-refractivity contribution >= 4 is 23.5 Å². The van der Waals surface area contributed by atoms with Gasteiger partial charge < -0.3 is 19.1 Å². The molecule has 1 aromatic carbocycles. The van der Waals surface area contributed by atoms with Crippen molar-refractivity contribution in [1.82, 2.24) is 4.90 Å². The third-order valence-electron chi connectivity index (χ3n) is 5.44. The first kappa shape index (κ1) is 22.1. The molecular formula is C22H30N2O6. The summed E-state index contributed by atoms with van der Waals surface area (Å²) in [7, 11) is 1.56. The maximum absolute atomic E-state index is 13.0. The Balaban J connectivity index is 1.97. The van der Waals surface area contributed by atoms with Gasteiger partial charge in [-0.15, -0.1) is 0 Å². The van der Waals surface area contributed by atoms with Crippen molar-refractivity contribution in [3.8, 4) is 5.75 Å². The number of nitrogens with zero attached hydrogens (tertiary/aromatic N) is 2. The molecule has 0 aliphatic carbocycles. The van der Waals surface area contributed by atoms with Crippen molar-refractivity contribution in [2.75, 3.05) is 18.6 Å². The lowest BCUT2D eigenvalue weighted by Crippen LogP contribution is -2.71. The highest BCUT2D eigenvalue weighted by Gasteiger charge is 2.60. The number of ketones is 1. The van der Waals surface area contributed by atoms with E-state index in [2.05, 4.69) is 0 Å². The fourth-order valence-corrected chi connectivity index (χ4v) is 4.11. The molecule has 0 radical (unpaired) electrons. The largest absolute Gasteiger partial charge is 0.497 e. The average molecular weight is 418 g/mol. The fourth-order valence-electron chi connectivity index (χ4n) is 4.11. The van der Waals surface area contributed by atoms with Gasteiger partial charge in [0, 0.05) is 5.69 Å². The molecule has 2 saturated heterocycles. The molecule has 1 aromatic rings. The Labute approximate surface area is 177 Å². The minimum Gasteiger partial charge on any atom is -0.497 e. The number of benzene rings is 1. The van der Waals surface area contributed by atoms with Crippen LogP contribution < -0.4 is 9.64 Å². The monoisotopic (exact) mass is 418 g/mol. The van der Waals surface area contributed by atoms with E-state index in [1.54, 1.807) is 70.9 Å². The van der Waals surface area contributed by atoms with Crippen LogP contribution in [0.3, 0.4) is 0 Å². The molecule has 2 amide bonds. The third kappa shape index (κ3) is 3.88. The molecule has 2 heterocycles. The molecule has 2 aliphatic rings. The summed E-state index contributed by atoms with van der Waals surface area (Å²) in [6, 6.07) is 5.96. The SMILES string of the molecule is COc1ccc(N2C(=O)[C@@H](C(C)=O)[C@@H]2[C@@H]2COC(C)(C)N2C(=O)OC(C)(C)C)cc1. The number of carbonyl (C=O) groups excluding carboxylic acids is 3. The lowest BCUT2D eigenvalue weighted by atomic mass is 9.79. The Morgan fingerprint density at radius 1 is 1.17 bits per heavy atom. The third-order valence-corrected chi connectivity index (χ3v) is 5.44. The Kier molecular flexibility index (Phi) is 5.58. The van der Waals surface area contributed by atoms with Crippen molar-refractivity contribution < 1.29 is 28.6 Å². The van der Waals surface area contributed by atoms with E-state index in [1.165, 1.54) is 11.8 Å². The van der Waals surface area contributed by atoms with E-state index in [0.29, 0.717) is 11.4 Å². The minimum atomic E-state index is -0.932. The van der Waals surface area contributed by atoms with Crippen molar-refractivity contribution in [1.29, 1.82) is 0 Å². The normalized spacial score (nSPS) is 25.7. The van der Waals surface area contributed by atoms with Crippen LogP contribution in [0, 0.1) is 5.92 Å². The Bertz CT molecular complexity index is 842. The van der Waals surface area contributed by atoms with E-state index < -0.39 is 35.4 Å². The Hall–Kier alpha value is -2.61. The highest BCUT2D eigenvalue weighted by molar-refractivity contribution is 6.15. The van der Waals surface area contributed by atoms with Crippen LogP contribution in [0.1, 0.15) is 41.5 Å². The molecular weight excluding hydrogens is 388 g/mol. The zero-order chi connectivity index (χ0) is 22.4. The van der Waals surface area contributed by atoms with Crippen LogP contribution in [0.2, 0.25) is 0 Å². The molecule has 2 fully saturated rings. The van der Waals surface area contributed by atoms with Crippen molar-refractivity contribution in [3.05, 3.63) is 24.3 Å². The van der Waals surface area contributed by atoms with Gasteiger partial charge >= 0.3 is 6.09 Å². The molecule has 0 unspecified atom stereocenters. The number of amides is 2. The van der Waals surface area contributed by atoms with Crippen LogP contribution in [0.4, 0.5) is 10.5 Å². The predicted octanol–water partition coefficient (Wildman–Crippen LogP) is 2.99. The van der Waals surface area contributed by atoms with Gasteiger partial charge in [-0.25, -0.2) is 4.79 Å². The maximum atomic E-state index is 13.0. The Morgan fingerprint density at radius 3 is 2.27 bits per heavy atom. The summed E-state index contributed by atoms with van der Waals surface area (Å²) in [5, 5.41) is 0. The molecule has 164 valence electrons. The Morgan fingerprint density at radius 2 is 1.77 bits per heavy atom. The smallest absolute Gasteiger partial charge is 0.412 e. The summed E-state index contributed by atoms with van der Waals surface area (Å²) in [6.45, 7) is 10.5. The maximum Gasteiger partial charge on any atom is 0.412 e. The number of hydrogen-bond acceptors (Lipinski definition) is 6. The second-order valence-electron chi connectivity index (χ2n) is 9.16. The van der Waals surface area contributed by atoms with Gasteiger partial charge in [0.1, 0.15) is 28.8 Å². The molecule has 30 heavy (non-hydrogen) atoms. The summed E-state index contributed by atoms with van der Waals surface area (Å²) in [4.78, 5) is 41.3. The van der Waals surface area contributed by atoms with Gasteiger partial charge in [-0.2, -0.15) is 0 Å². The van der Waals surface area contributed by atoms with Crippen LogP contribution in [0.25, 0.3) is 0 Å². The molecule has 0 saturated carbocycles. The topological polar surface area (TPSA) is 85.4 Å². The molecule has 0 bridgehead atoms. The number of carbonyl (C=O) groups is 3. The molecule has 3 rings (SSSR count). The van der Waals surface area contributed by atoms with Gasteiger partial charge in [0.2, 0.25) is 5.91 Å². The standard InChI is InChI=1S/C22H30N2O6/c1-13(25)17-18(23(19(17)26)14-8-10-15(28-7)11-9-14)16-12-29-22(5,6)24(16)20(27)30-21(2,3)4/h8-11,16-18H,12H2,1-7H3/t16-,17-,18-/m0/s1. The quantitative estimate of drug-likeness (QED) is 0.552. The van der Waals surface area contributed by atoms with Gasteiger partial charge in [0.15, 0.2) is 0 Å². The first-order valence-corrected chi connectivity index (χ1v) is 10.0. The van der Waals surface area contributed by atoms with Crippen LogP contribution >= 0.6 is 0 Å². The average Bonchev–Trinajstić information content (AvgIpc) is 2.93. The molecule has 2 aliphatic heterocycles. The molecule has 3 atom stereocenters. The molecule has 8 nitrogen and oxygen atoms in total. The van der Waals surface area contributed by atoms with Crippen molar-refractivity contribution in [2.45, 2.75) is 65.0 Å². The highest BCUT2D eigenvalue weighted by Crippen LogP contribution is 2.42. The lowest BCUT2D eigenvalue weighted by Gasteiger charge is -2.50. The highest BCUT2D eigenvalue weighted by atomic mass is 16.6. The molecule has 8 heteroatoms. The summed E-state index contributed by atoms with van der Waals surface area (Å²) < 4.78 is 16.7. The van der Waals surface area contributed by atoms with E-state index in [1.807, 2.05) is 0 Å². The minimum absolute atomic E-state index is 0.195. The van der Waals surface area contributed by atoms with Gasteiger partial charge in [0.25, 0.3) is 0 Å². The van der Waals surface area contributed by atoms with Crippen LogP contribution in [-0.2, 0) is 19.1 Å². The number of rotatable bonds is 4. The van der Waals surface area contributed by atoms with Crippen molar-refractivity contribution in [3.63, 3.8) is 0 Å². The summed E-state index contributed by atoms with van der Waals surface area (Å²) in [5.41, 5.74) is -0.985. The zero-order valence-electron chi connectivity index (χ0n) is 18.6. The molecule has 0 N–H and O–H groups in total. The van der Waals surface area contributed by atoms with Gasteiger partial charge in [-0.05, 0) is 65.8 Å². The number of anilines is 1. The molecule has 0 spiro atoms. The first-order chi connectivity index (χ1) is 13.9. The number of ether oxygens (including phenoxy) is 3. The zero-order valence-corrected chi connectivity index (χ0v) is 18.6. The van der Waals surface area contributed by atoms with E-state index in [0.717, 1.165) is 0 Å². The number of methoxy groups -OCH3 is 1. The van der Waals surface area contributed by atoms with E-state index >= 15 is 0 Å². The number of Topliss-reactive ketones (excluding diaryl/α,β-unsaturated/α-hetero) is 1. The summed E-state index contributed by atoms with van der Waals surface area (Å²) in [6.07, 6.45) is -0.536. The number of β-lactam (4-membered cyclic amide) rings is 1. The summed E-state index contributed by atoms with van der Waals surface area (Å²) in [5.74, 6) is -0.693. The lowest BCUT2D eigenvalue weighted by molar-refractivity contribution is -0.140.